The van der Waals surface area contributed by atoms with Gasteiger partial charge in [-0.1, -0.05) is 40.2 Å². The van der Waals surface area contributed by atoms with E-state index in [0.29, 0.717) is 0 Å². The van der Waals surface area contributed by atoms with Crippen LogP contribution in [0.1, 0.15) is 5.56 Å². The van der Waals surface area contributed by atoms with Gasteiger partial charge in [-0.05, 0) is 24.6 Å². The zero-order chi connectivity index (χ0) is 11.8. The number of fused-ring (bicyclic) bond motifs is 1. The summed E-state index contributed by atoms with van der Waals surface area (Å²) >= 11 is 3.54. The number of aryl methyl sites for hydroxylation is 1. The van der Waals surface area contributed by atoms with Gasteiger partial charge in [-0.3, -0.25) is 4.40 Å². The van der Waals surface area contributed by atoms with Gasteiger partial charge in [0.05, 0.1) is 0 Å². The molecule has 2 aromatic heterocycles. The predicted octanol–water partition coefficient (Wildman–Crippen LogP) is 3.47. The van der Waals surface area contributed by atoms with E-state index in [1.807, 2.05) is 53.9 Å². The van der Waals surface area contributed by atoms with Crippen LogP contribution < -0.4 is 0 Å². The van der Waals surface area contributed by atoms with E-state index in [0.717, 1.165) is 27.1 Å². The zero-order valence-corrected chi connectivity index (χ0v) is 10.8. The monoisotopic (exact) mass is 287 g/mol. The molecular weight excluding hydrogens is 278 g/mol. The highest BCUT2D eigenvalue weighted by Gasteiger charge is 2.11. The number of benzene rings is 1. The summed E-state index contributed by atoms with van der Waals surface area (Å²) in [7, 11) is 0. The van der Waals surface area contributed by atoms with Gasteiger partial charge in [0.25, 0.3) is 0 Å². The minimum Gasteiger partial charge on any atom is -0.282 e. The Balaban J connectivity index is 2.33. The van der Waals surface area contributed by atoms with Gasteiger partial charge in [0, 0.05) is 16.2 Å². The Hall–Kier alpha value is -1.68. The van der Waals surface area contributed by atoms with E-state index in [2.05, 4.69) is 26.1 Å². The average Bonchev–Trinajstić information content (AvgIpc) is 2.75. The Morgan fingerprint density at radius 2 is 1.88 bits per heavy atom. The van der Waals surface area contributed by atoms with Gasteiger partial charge in [0.15, 0.2) is 11.5 Å². The van der Waals surface area contributed by atoms with Gasteiger partial charge in [-0.25, -0.2) is 0 Å². The van der Waals surface area contributed by atoms with Gasteiger partial charge < -0.3 is 0 Å². The van der Waals surface area contributed by atoms with Gasteiger partial charge in [0.1, 0.15) is 0 Å². The van der Waals surface area contributed by atoms with Crippen LogP contribution in [0.15, 0.2) is 47.1 Å². The molecule has 0 saturated carbocycles. The molecule has 0 N–H and O–H groups in total. The molecule has 0 saturated heterocycles. The fraction of sp³-hybridized carbons (Fsp3) is 0.0769. The van der Waals surface area contributed by atoms with Crippen LogP contribution in [0.25, 0.3) is 17.0 Å². The first-order valence-electron chi connectivity index (χ1n) is 5.32. The average molecular weight is 288 g/mol. The number of hydrogen-bond donors (Lipinski definition) is 0. The lowest BCUT2D eigenvalue weighted by Gasteiger charge is -2.02. The van der Waals surface area contributed by atoms with E-state index in [4.69, 9.17) is 0 Å². The predicted molar refractivity (Wildman–Crippen MR) is 70.9 cm³/mol. The molecular formula is C13H10BrN3. The standard InChI is InChI=1S/C13H10BrN3/c1-9-5-4-8-17-12(9)15-16-13(17)10-6-2-3-7-11(10)14/h2-8H,1H3. The van der Waals surface area contributed by atoms with Crippen LogP contribution in [-0.2, 0) is 0 Å². The number of nitrogens with zero attached hydrogens (tertiary/aromatic N) is 3. The SMILES string of the molecule is Cc1cccn2c(-c3ccccc3Br)nnc12. The zero-order valence-electron chi connectivity index (χ0n) is 9.26. The molecule has 0 atom stereocenters. The van der Waals surface area contributed by atoms with Crippen molar-refractivity contribution >= 4 is 21.6 Å². The van der Waals surface area contributed by atoms with E-state index in [1.54, 1.807) is 0 Å². The molecule has 3 aromatic rings. The lowest BCUT2D eigenvalue weighted by atomic mass is 10.2. The Bertz CT molecular complexity index is 688. The fourth-order valence-corrected chi connectivity index (χ4v) is 2.34. The van der Waals surface area contributed by atoms with Crippen molar-refractivity contribution in [2.75, 3.05) is 0 Å². The molecule has 0 amide bonds. The first-order valence-corrected chi connectivity index (χ1v) is 6.12. The lowest BCUT2D eigenvalue weighted by molar-refractivity contribution is 1.11. The summed E-state index contributed by atoms with van der Waals surface area (Å²) in [5.41, 5.74) is 3.07. The first-order chi connectivity index (χ1) is 8.27. The Morgan fingerprint density at radius 3 is 2.71 bits per heavy atom. The quantitative estimate of drug-likeness (QED) is 0.686. The molecule has 0 fully saturated rings. The van der Waals surface area contributed by atoms with Gasteiger partial charge >= 0.3 is 0 Å². The van der Waals surface area contributed by atoms with E-state index >= 15 is 0 Å². The Kier molecular flexibility index (Phi) is 2.44. The summed E-state index contributed by atoms with van der Waals surface area (Å²) in [6, 6.07) is 12.1. The Morgan fingerprint density at radius 1 is 1.06 bits per heavy atom. The molecule has 0 spiro atoms. The number of pyridine rings is 1. The van der Waals surface area contributed by atoms with Crippen LogP contribution in [0.4, 0.5) is 0 Å². The van der Waals surface area contributed by atoms with Crippen LogP contribution in [0.5, 0.6) is 0 Å². The van der Waals surface area contributed by atoms with Crippen LogP contribution in [-0.4, -0.2) is 14.6 Å². The normalized spacial score (nSPS) is 10.9. The highest BCUT2D eigenvalue weighted by Crippen LogP contribution is 2.27. The maximum absolute atomic E-state index is 4.27. The molecule has 0 unspecified atom stereocenters. The summed E-state index contributed by atoms with van der Waals surface area (Å²) in [6.45, 7) is 2.04. The summed E-state index contributed by atoms with van der Waals surface area (Å²) in [6.07, 6.45) is 1.98. The number of hydrogen-bond acceptors (Lipinski definition) is 2. The molecule has 4 heteroatoms. The molecule has 3 rings (SSSR count). The molecule has 2 heterocycles. The molecule has 17 heavy (non-hydrogen) atoms. The van der Waals surface area contributed by atoms with E-state index in [9.17, 15) is 0 Å². The minimum atomic E-state index is 0.858. The second kappa shape index (κ2) is 3.96. The smallest absolute Gasteiger partial charge is 0.169 e. The van der Waals surface area contributed by atoms with Gasteiger partial charge in [-0.15, -0.1) is 10.2 Å². The third-order valence-corrected chi connectivity index (χ3v) is 3.44. The van der Waals surface area contributed by atoms with E-state index < -0.39 is 0 Å². The first kappa shape index (κ1) is 10.5. The highest BCUT2D eigenvalue weighted by atomic mass is 79.9. The van der Waals surface area contributed by atoms with E-state index in [1.165, 1.54) is 0 Å². The van der Waals surface area contributed by atoms with Crippen molar-refractivity contribution in [3.63, 3.8) is 0 Å². The molecule has 0 bridgehead atoms. The lowest BCUT2D eigenvalue weighted by Crippen LogP contribution is -1.90. The second-order valence-electron chi connectivity index (χ2n) is 3.89. The maximum atomic E-state index is 4.27. The molecule has 0 aliphatic rings. The molecule has 84 valence electrons. The van der Waals surface area contributed by atoms with Crippen molar-refractivity contribution in [1.82, 2.24) is 14.6 Å². The van der Waals surface area contributed by atoms with Crippen molar-refractivity contribution in [2.24, 2.45) is 0 Å². The van der Waals surface area contributed by atoms with Gasteiger partial charge in [-0.2, -0.15) is 0 Å². The summed E-state index contributed by atoms with van der Waals surface area (Å²) < 4.78 is 3.03. The molecule has 3 nitrogen and oxygen atoms in total. The largest absolute Gasteiger partial charge is 0.282 e. The second-order valence-corrected chi connectivity index (χ2v) is 4.74. The third-order valence-electron chi connectivity index (χ3n) is 2.74. The topological polar surface area (TPSA) is 30.2 Å². The fourth-order valence-electron chi connectivity index (χ4n) is 1.88. The van der Waals surface area contributed by atoms with Crippen LogP contribution in [0.3, 0.4) is 0 Å². The highest BCUT2D eigenvalue weighted by molar-refractivity contribution is 9.10. The molecule has 0 aliphatic carbocycles. The summed E-state index contributed by atoms with van der Waals surface area (Å²) in [5, 5.41) is 8.50. The van der Waals surface area contributed by atoms with Crippen molar-refractivity contribution in [3.05, 3.63) is 52.6 Å². The van der Waals surface area contributed by atoms with Gasteiger partial charge in [0.2, 0.25) is 0 Å². The summed E-state index contributed by atoms with van der Waals surface area (Å²) in [4.78, 5) is 0. The third kappa shape index (κ3) is 1.65. The van der Waals surface area contributed by atoms with Crippen molar-refractivity contribution in [3.8, 4) is 11.4 Å². The van der Waals surface area contributed by atoms with Crippen LogP contribution >= 0.6 is 15.9 Å². The number of halogens is 1. The van der Waals surface area contributed by atoms with Crippen molar-refractivity contribution in [2.45, 2.75) is 6.92 Å². The maximum Gasteiger partial charge on any atom is 0.169 e. The van der Waals surface area contributed by atoms with Crippen LogP contribution in [0.2, 0.25) is 0 Å². The van der Waals surface area contributed by atoms with Crippen molar-refractivity contribution < 1.29 is 0 Å². The molecule has 0 radical (unpaired) electrons. The van der Waals surface area contributed by atoms with Crippen LogP contribution in [0, 0.1) is 6.92 Å². The summed E-state index contributed by atoms with van der Waals surface area (Å²) in [5.74, 6) is 0.858. The minimum absolute atomic E-state index is 0.858. The van der Waals surface area contributed by atoms with E-state index in [-0.39, 0.29) is 0 Å². The Labute approximate surface area is 107 Å². The number of rotatable bonds is 1. The van der Waals surface area contributed by atoms with Crippen molar-refractivity contribution in [1.29, 1.82) is 0 Å². The number of aromatic nitrogens is 3. The molecule has 1 aromatic carbocycles. The molecule has 0 aliphatic heterocycles.